The Morgan fingerprint density at radius 1 is 1.39 bits per heavy atom. The van der Waals surface area contributed by atoms with E-state index < -0.39 is 6.43 Å². The van der Waals surface area contributed by atoms with Gasteiger partial charge in [0, 0.05) is 12.5 Å². The molecule has 0 radical (unpaired) electrons. The maximum atomic E-state index is 13.0. The standard InChI is InChI=1S/C14H19F2NO/c1-9-6-11(10-4-3-5-17-8-10)13(18-2)12(7-9)14(15)16/h6-7,10,14,17H,3-5,8H2,1-2H3. The lowest BCUT2D eigenvalue weighted by molar-refractivity contribution is 0.146. The topological polar surface area (TPSA) is 21.3 Å². The molecule has 0 amide bonds. The summed E-state index contributed by atoms with van der Waals surface area (Å²) in [5.74, 6) is 0.635. The molecule has 1 unspecified atom stereocenters. The summed E-state index contributed by atoms with van der Waals surface area (Å²) in [6, 6.07) is 3.49. The number of benzene rings is 1. The summed E-state index contributed by atoms with van der Waals surface area (Å²) in [6.45, 7) is 3.69. The Morgan fingerprint density at radius 2 is 2.17 bits per heavy atom. The van der Waals surface area contributed by atoms with Crippen LogP contribution in [0.15, 0.2) is 12.1 Å². The highest BCUT2D eigenvalue weighted by atomic mass is 19.3. The highest BCUT2D eigenvalue weighted by Gasteiger charge is 2.24. The molecule has 4 heteroatoms. The zero-order chi connectivity index (χ0) is 13.1. The minimum atomic E-state index is -2.49. The zero-order valence-electron chi connectivity index (χ0n) is 10.8. The number of methoxy groups -OCH3 is 1. The molecule has 0 bridgehead atoms. The third-order valence-corrected chi connectivity index (χ3v) is 3.47. The van der Waals surface area contributed by atoms with E-state index in [0.717, 1.165) is 37.1 Å². The number of piperidine rings is 1. The van der Waals surface area contributed by atoms with E-state index in [1.54, 1.807) is 0 Å². The highest BCUT2D eigenvalue weighted by molar-refractivity contribution is 5.47. The summed E-state index contributed by atoms with van der Waals surface area (Å²) in [5.41, 5.74) is 1.80. The fourth-order valence-electron chi connectivity index (χ4n) is 2.65. The normalized spacial score (nSPS) is 20.2. The van der Waals surface area contributed by atoms with Gasteiger partial charge in [-0.05, 0) is 37.9 Å². The largest absolute Gasteiger partial charge is 0.496 e. The van der Waals surface area contributed by atoms with E-state index >= 15 is 0 Å². The Bertz CT molecular complexity index is 415. The number of halogens is 2. The second-order valence-electron chi connectivity index (χ2n) is 4.82. The molecule has 1 saturated heterocycles. The van der Waals surface area contributed by atoms with Crippen LogP contribution in [0.3, 0.4) is 0 Å². The average Bonchev–Trinajstić information content (AvgIpc) is 2.38. The SMILES string of the molecule is COc1c(C(F)F)cc(C)cc1C1CCCNC1. The van der Waals surface area contributed by atoms with Crippen LogP contribution < -0.4 is 10.1 Å². The second-order valence-corrected chi connectivity index (χ2v) is 4.82. The van der Waals surface area contributed by atoms with Crippen LogP contribution in [0.4, 0.5) is 8.78 Å². The Labute approximate surface area is 106 Å². The van der Waals surface area contributed by atoms with E-state index in [1.165, 1.54) is 13.2 Å². The monoisotopic (exact) mass is 255 g/mol. The smallest absolute Gasteiger partial charge is 0.267 e. The van der Waals surface area contributed by atoms with Gasteiger partial charge in [0.2, 0.25) is 0 Å². The molecule has 1 aliphatic heterocycles. The number of nitrogens with one attached hydrogen (secondary N) is 1. The van der Waals surface area contributed by atoms with E-state index in [9.17, 15) is 8.78 Å². The van der Waals surface area contributed by atoms with Crippen molar-refractivity contribution in [2.45, 2.75) is 32.1 Å². The quantitative estimate of drug-likeness (QED) is 0.893. The van der Waals surface area contributed by atoms with Crippen LogP contribution in [0.1, 0.15) is 41.9 Å². The van der Waals surface area contributed by atoms with Gasteiger partial charge < -0.3 is 10.1 Å². The van der Waals surface area contributed by atoms with Crippen molar-refractivity contribution in [1.29, 1.82) is 0 Å². The Balaban J connectivity index is 2.43. The van der Waals surface area contributed by atoms with Crippen molar-refractivity contribution in [1.82, 2.24) is 5.32 Å². The van der Waals surface area contributed by atoms with Crippen molar-refractivity contribution >= 4 is 0 Å². The Hall–Kier alpha value is -1.16. The molecule has 1 heterocycles. The number of rotatable bonds is 3. The number of aryl methyl sites for hydroxylation is 1. The van der Waals surface area contributed by atoms with Crippen LogP contribution in [0.5, 0.6) is 5.75 Å². The van der Waals surface area contributed by atoms with Gasteiger partial charge in [0.25, 0.3) is 6.43 Å². The highest BCUT2D eigenvalue weighted by Crippen LogP contribution is 2.38. The van der Waals surface area contributed by atoms with E-state index in [2.05, 4.69) is 5.32 Å². The average molecular weight is 255 g/mol. The van der Waals surface area contributed by atoms with E-state index in [4.69, 9.17) is 4.74 Å². The predicted molar refractivity (Wildman–Crippen MR) is 67.5 cm³/mol. The summed E-state index contributed by atoms with van der Waals surface area (Å²) in [6.07, 6.45) is -0.392. The molecule has 1 fully saturated rings. The van der Waals surface area contributed by atoms with E-state index in [1.807, 2.05) is 13.0 Å². The second kappa shape index (κ2) is 5.65. The Morgan fingerprint density at radius 3 is 2.72 bits per heavy atom. The fraction of sp³-hybridized carbons (Fsp3) is 0.571. The summed E-state index contributed by atoms with van der Waals surface area (Å²) in [4.78, 5) is 0. The first-order chi connectivity index (χ1) is 8.63. The summed E-state index contributed by atoms with van der Waals surface area (Å²) < 4.78 is 31.3. The summed E-state index contributed by atoms with van der Waals surface area (Å²) in [7, 11) is 1.47. The molecule has 100 valence electrons. The van der Waals surface area contributed by atoms with E-state index in [0.29, 0.717) is 5.75 Å². The molecular formula is C14H19F2NO. The van der Waals surface area contributed by atoms with Crippen LogP contribution in [0, 0.1) is 6.92 Å². The molecule has 0 saturated carbocycles. The fourth-order valence-corrected chi connectivity index (χ4v) is 2.65. The minimum absolute atomic E-state index is 0.0121. The maximum Gasteiger partial charge on any atom is 0.267 e. The van der Waals surface area contributed by atoms with Crippen molar-refractivity contribution in [3.63, 3.8) is 0 Å². The zero-order valence-corrected chi connectivity index (χ0v) is 10.8. The van der Waals surface area contributed by atoms with Crippen molar-refractivity contribution in [3.05, 3.63) is 28.8 Å². The van der Waals surface area contributed by atoms with Crippen LogP contribution in [-0.4, -0.2) is 20.2 Å². The molecule has 0 aliphatic carbocycles. The molecule has 2 rings (SSSR count). The van der Waals surface area contributed by atoms with Crippen molar-refractivity contribution in [2.75, 3.05) is 20.2 Å². The predicted octanol–water partition coefficient (Wildman–Crippen LogP) is 3.41. The van der Waals surface area contributed by atoms with Gasteiger partial charge in [-0.1, -0.05) is 11.6 Å². The maximum absolute atomic E-state index is 13.0. The van der Waals surface area contributed by atoms with Crippen LogP contribution in [-0.2, 0) is 0 Å². The molecule has 1 aromatic carbocycles. The lowest BCUT2D eigenvalue weighted by Crippen LogP contribution is -2.28. The molecular weight excluding hydrogens is 236 g/mol. The molecule has 0 spiro atoms. The van der Waals surface area contributed by atoms with Crippen molar-refractivity contribution in [3.8, 4) is 5.75 Å². The van der Waals surface area contributed by atoms with Crippen LogP contribution in [0.25, 0.3) is 0 Å². The molecule has 2 nitrogen and oxygen atoms in total. The van der Waals surface area contributed by atoms with Crippen LogP contribution in [0.2, 0.25) is 0 Å². The molecule has 1 N–H and O–H groups in total. The molecule has 1 atom stereocenters. The third-order valence-electron chi connectivity index (χ3n) is 3.47. The Kier molecular flexibility index (Phi) is 4.17. The lowest BCUT2D eigenvalue weighted by atomic mass is 9.88. The molecule has 18 heavy (non-hydrogen) atoms. The van der Waals surface area contributed by atoms with Gasteiger partial charge in [-0.2, -0.15) is 0 Å². The van der Waals surface area contributed by atoms with Gasteiger partial charge in [-0.15, -0.1) is 0 Å². The van der Waals surface area contributed by atoms with Gasteiger partial charge in [-0.3, -0.25) is 0 Å². The van der Waals surface area contributed by atoms with Gasteiger partial charge in [-0.25, -0.2) is 8.78 Å². The van der Waals surface area contributed by atoms with Gasteiger partial charge in [0.05, 0.1) is 12.7 Å². The number of alkyl halides is 2. The van der Waals surface area contributed by atoms with Gasteiger partial charge in [0.1, 0.15) is 5.75 Å². The number of ether oxygens (including phenoxy) is 1. The number of hydrogen-bond donors (Lipinski definition) is 1. The first-order valence-electron chi connectivity index (χ1n) is 6.30. The molecule has 1 aromatic rings. The molecule has 1 aliphatic rings. The summed E-state index contributed by atoms with van der Waals surface area (Å²) >= 11 is 0. The van der Waals surface area contributed by atoms with Crippen molar-refractivity contribution < 1.29 is 13.5 Å². The lowest BCUT2D eigenvalue weighted by Gasteiger charge is -2.26. The summed E-state index contributed by atoms with van der Waals surface area (Å²) in [5, 5.41) is 3.31. The van der Waals surface area contributed by atoms with Crippen LogP contribution >= 0.6 is 0 Å². The van der Waals surface area contributed by atoms with E-state index in [-0.39, 0.29) is 11.5 Å². The van der Waals surface area contributed by atoms with Crippen molar-refractivity contribution in [2.24, 2.45) is 0 Å². The minimum Gasteiger partial charge on any atom is -0.496 e. The van der Waals surface area contributed by atoms with Gasteiger partial charge >= 0.3 is 0 Å². The first kappa shape index (κ1) is 13.3. The third kappa shape index (κ3) is 2.64. The molecule has 0 aromatic heterocycles. The van der Waals surface area contributed by atoms with Gasteiger partial charge in [0.15, 0.2) is 0 Å². The first-order valence-corrected chi connectivity index (χ1v) is 6.30. The number of hydrogen-bond acceptors (Lipinski definition) is 2.